The van der Waals surface area contributed by atoms with Crippen LogP contribution in [0.4, 0.5) is 0 Å². The van der Waals surface area contributed by atoms with Crippen LogP contribution in [0.2, 0.25) is 5.82 Å². The molecule has 2 fully saturated rings. The molecule has 2 saturated carbocycles. The van der Waals surface area contributed by atoms with E-state index in [1.165, 1.54) is 12.8 Å². The highest BCUT2D eigenvalue weighted by Gasteiger charge is 2.31. The molecule has 5 atom stereocenters. The number of hydrogen-bond donors (Lipinski definition) is 2. The molecule has 0 radical (unpaired) electrons. The van der Waals surface area contributed by atoms with Crippen LogP contribution in [0.5, 0.6) is 0 Å². The van der Waals surface area contributed by atoms with Gasteiger partial charge in [0.15, 0.2) is 0 Å². The monoisotopic (exact) mass is 336 g/mol. The molecule has 2 rings (SSSR count). The lowest BCUT2D eigenvalue weighted by molar-refractivity contribution is -0.151. The van der Waals surface area contributed by atoms with E-state index in [1.807, 2.05) is 0 Å². The maximum absolute atomic E-state index is 12.4. The first kappa shape index (κ1) is 19.5. The van der Waals surface area contributed by atoms with Crippen LogP contribution < -0.4 is 0 Å². The van der Waals surface area contributed by atoms with Crippen molar-refractivity contribution in [2.75, 3.05) is 6.61 Å². The molecule has 0 bridgehead atoms. The zero-order chi connectivity index (χ0) is 17.5. The topological polar surface area (TPSA) is 66.8 Å². The van der Waals surface area contributed by atoms with Gasteiger partial charge in [0.05, 0.1) is 12.5 Å². The molecule has 5 unspecified atom stereocenters. The number of rotatable bonds is 5. The summed E-state index contributed by atoms with van der Waals surface area (Å²) >= 11 is 0. The van der Waals surface area contributed by atoms with E-state index in [-0.39, 0.29) is 17.7 Å². The molecule has 0 saturated heterocycles. The molecular formula is C19H33BO4. The zero-order valence-corrected chi connectivity index (χ0v) is 15.0. The number of esters is 1. The largest absolute Gasteiger partial charge is 0.465 e. The minimum Gasteiger partial charge on any atom is -0.465 e. The van der Waals surface area contributed by atoms with Crippen LogP contribution in [0.1, 0.15) is 64.7 Å². The molecule has 2 aliphatic rings. The van der Waals surface area contributed by atoms with Gasteiger partial charge in [-0.2, -0.15) is 0 Å². The van der Waals surface area contributed by atoms with Gasteiger partial charge in [0.25, 0.3) is 0 Å². The maximum atomic E-state index is 12.4. The molecule has 4 nitrogen and oxygen atoms in total. The quantitative estimate of drug-likeness (QED) is 0.348. The fraction of sp³-hybridized carbons (Fsp3) is 0.842. The zero-order valence-electron chi connectivity index (χ0n) is 15.0. The molecule has 0 heterocycles. The second-order valence-electron chi connectivity index (χ2n) is 7.90. The van der Waals surface area contributed by atoms with Gasteiger partial charge >= 0.3 is 13.1 Å². The molecule has 0 aromatic rings. The lowest BCUT2D eigenvalue weighted by Gasteiger charge is -2.22. The summed E-state index contributed by atoms with van der Waals surface area (Å²) in [5, 5.41) is 18.7. The number of allylic oxidation sites excluding steroid dienone is 1. The van der Waals surface area contributed by atoms with Gasteiger partial charge in [0.2, 0.25) is 0 Å². The molecule has 5 heteroatoms. The van der Waals surface area contributed by atoms with Crippen LogP contribution in [-0.2, 0) is 9.53 Å². The van der Waals surface area contributed by atoms with Gasteiger partial charge < -0.3 is 14.8 Å². The van der Waals surface area contributed by atoms with Crippen molar-refractivity contribution in [3.05, 3.63) is 12.7 Å². The highest BCUT2D eigenvalue weighted by Crippen LogP contribution is 2.34. The van der Waals surface area contributed by atoms with Gasteiger partial charge in [-0.1, -0.05) is 32.3 Å². The van der Waals surface area contributed by atoms with Gasteiger partial charge in [0.1, 0.15) is 0 Å². The SMILES string of the molecule is C=CC1CCC(C)C(COC(=O)C2CCCC(B(O)O)CC2)CC1. The van der Waals surface area contributed by atoms with Gasteiger partial charge in [-0.25, -0.2) is 0 Å². The number of carbonyl (C=O) groups is 1. The third-order valence-corrected chi connectivity index (χ3v) is 6.25. The standard InChI is InChI=1S/C19H33BO4/c1-3-15-8-7-14(2)17(10-9-15)13-24-19(21)16-5-4-6-18(12-11-16)20(22)23/h3,14-18,22-23H,1,4-13H2,2H3. The van der Waals surface area contributed by atoms with E-state index in [1.54, 1.807) is 0 Å². The Kier molecular flexibility index (Phi) is 7.82. The first-order valence-corrected chi connectivity index (χ1v) is 9.66. The summed E-state index contributed by atoms with van der Waals surface area (Å²) in [7, 11) is -1.26. The van der Waals surface area contributed by atoms with Crippen LogP contribution in [0, 0.1) is 23.7 Å². The summed E-state index contributed by atoms with van der Waals surface area (Å²) in [4.78, 5) is 12.4. The van der Waals surface area contributed by atoms with E-state index in [0.29, 0.717) is 37.2 Å². The predicted octanol–water partition coefficient (Wildman–Crippen LogP) is 3.58. The molecule has 2 aliphatic carbocycles. The molecule has 0 aromatic carbocycles. The molecule has 136 valence electrons. The van der Waals surface area contributed by atoms with Crippen LogP contribution in [0.25, 0.3) is 0 Å². The van der Waals surface area contributed by atoms with E-state index >= 15 is 0 Å². The summed E-state index contributed by atoms with van der Waals surface area (Å²) in [6.07, 6.45) is 10.6. The van der Waals surface area contributed by atoms with Gasteiger partial charge in [-0.05, 0) is 62.1 Å². The Morgan fingerprint density at radius 2 is 1.88 bits per heavy atom. The second-order valence-corrected chi connectivity index (χ2v) is 7.90. The van der Waals surface area contributed by atoms with Crippen molar-refractivity contribution < 1.29 is 19.6 Å². The van der Waals surface area contributed by atoms with E-state index < -0.39 is 7.12 Å². The second kappa shape index (κ2) is 9.62. The lowest BCUT2D eigenvalue weighted by Crippen LogP contribution is -2.24. The van der Waals surface area contributed by atoms with Crippen LogP contribution in [0.15, 0.2) is 12.7 Å². The fourth-order valence-electron chi connectivity index (χ4n) is 4.22. The van der Waals surface area contributed by atoms with Crippen LogP contribution in [-0.4, -0.2) is 29.7 Å². The Bertz CT molecular complexity index is 412. The summed E-state index contributed by atoms with van der Waals surface area (Å²) < 4.78 is 5.68. The highest BCUT2D eigenvalue weighted by molar-refractivity contribution is 6.43. The van der Waals surface area contributed by atoms with Gasteiger partial charge in [0, 0.05) is 0 Å². The Morgan fingerprint density at radius 3 is 2.58 bits per heavy atom. The smallest absolute Gasteiger partial charge is 0.454 e. The number of ether oxygens (including phenoxy) is 1. The third kappa shape index (κ3) is 5.63. The summed E-state index contributed by atoms with van der Waals surface area (Å²) in [6, 6.07) is 0. The van der Waals surface area contributed by atoms with Crippen molar-refractivity contribution in [1.29, 1.82) is 0 Å². The van der Waals surface area contributed by atoms with E-state index in [0.717, 1.165) is 32.1 Å². The normalized spacial score (nSPS) is 34.7. The predicted molar refractivity (Wildman–Crippen MR) is 96.3 cm³/mol. The highest BCUT2D eigenvalue weighted by atomic mass is 16.5. The molecule has 0 spiro atoms. The lowest BCUT2D eigenvalue weighted by atomic mass is 9.68. The van der Waals surface area contributed by atoms with Crippen molar-refractivity contribution in [3.63, 3.8) is 0 Å². The average molecular weight is 336 g/mol. The van der Waals surface area contributed by atoms with Crippen molar-refractivity contribution in [3.8, 4) is 0 Å². The Labute approximate surface area is 146 Å². The summed E-state index contributed by atoms with van der Waals surface area (Å²) in [6.45, 7) is 6.72. The minimum atomic E-state index is -1.26. The minimum absolute atomic E-state index is 0.0734. The van der Waals surface area contributed by atoms with E-state index in [4.69, 9.17) is 4.74 Å². The van der Waals surface area contributed by atoms with Crippen molar-refractivity contribution in [2.45, 2.75) is 70.5 Å². The van der Waals surface area contributed by atoms with Crippen molar-refractivity contribution in [1.82, 2.24) is 0 Å². The van der Waals surface area contributed by atoms with E-state index in [2.05, 4.69) is 19.6 Å². The molecule has 2 N–H and O–H groups in total. The average Bonchev–Trinajstić information content (AvgIpc) is 2.91. The van der Waals surface area contributed by atoms with Gasteiger partial charge in [-0.3, -0.25) is 4.79 Å². The van der Waals surface area contributed by atoms with Crippen molar-refractivity contribution >= 4 is 13.1 Å². The fourth-order valence-corrected chi connectivity index (χ4v) is 4.22. The van der Waals surface area contributed by atoms with Gasteiger partial charge in [-0.15, -0.1) is 6.58 Å². The van der Waals surface area contributed by atoms with Crippen LogP contribution >= 0.6 is 0 Å². The summed E-state index contributed by atoms with van der Waals surface area (Å²) in [5.41, 5.74) is 0. The number of hydrogen-bond acceptors (Lipinski definition) is 4. The molecule has 0 aromatic heterocycles. The van der Waals surface area contributed by atoms with Crippen molar-refractivity contribution in [2.24, 2.45) is 23.7 Å². The molecule has 0 aliphatic heterocycles. The Morgan fingerprint density at radius 1 is 1.12 bits per heavy atom. The molecule has 0 amide bonds. The molecule has 24 heavy (non-hydrogen) atoms. The first-order valence-electron chi connectivity index (χ1n) is 9.66. The molecular weight excluding hydrogens is 303 g/mol. The summed E-state index contributed by atoms with van der Waals surface area (Å²) in [5.74, 6) is 1.40. The Hall–Kier alpha value is -0.805. The number of carbonyl (C=O) groups excluding carboxylic acids is 1. The van der Waals surface area contributed by atoms with E-state index in [9.17, 15) is 14.8 Å². The first-order chi connectivity index (χ1) is 11.5. The maximum Gasteiger partial charge on any atom is 0.454 e. The third-order valence-electron chi connectivity index (χ3n) is 6.25. The Balaban J connectivity index is 1.78. The van der Waals surface area contributed by atoms with Crippen LogP contribution in [0.3, 0.4) is 0 Å².